The number of phenols is 1. The summed E-state index contributed by atoms with van der Waals surface area (Å²) in [7, 11) is -3.67. The number of phenolic OH excluding ortho intramolecular Hbond substituents is 1. The van der Waals surface area contributed by atoms with Gasteiger partial charge in [-0.2, -0.15) is 14.7 Å². The Morgan fingerprint density at radius 1 is 1.20 bits per heavy atom. The standard InChI is InChI=1S/C26H26N4O4S/c1-2-21-7-5-6-14-30(21)35(33,34)25-13-11-19(22-8-3-4-9-23(22)25)17-28-29-26(32)18-10-12-24(31)20(15-18)16-27/h3-4,8-13,15,17,21,31H,2,5-7,14H2,1H3,(H,29,32). The molecule has 3 aromatic rings. The van der Waals surface area contributed by atoms with Crippen LogP contribution in [0.5, 0.6) is 5.75 Å². The Bertz CT molecular complexity index is 1440. The van der Waals surface area contributed by atoms with Gasteiger partial charge in [-0.05, 0) is 48.9 Å². The number of hydrazone groups is 1. The Hall–Kier alpha value is -3.74. The lowest BCUT2D eigenvalue weighted by molar-refractivity contribution is 0.0955. The third kappa shape index (κ3) is 4.90. The number of rotatable bonds is 6. The number of hydrogen-bond donors (Lipinski definition) is 2. The van der Waals surface area contributed by atoms with E-state index in [-0.39, 0.29) is 27.8 Å². The molecule has 1 saturated heterocycles. The van der Waals surface area contributed by atoms with E-state index in [2.05, 4.69) is 10.5 Å². The summed E-state index contributed by atoms with van der Waals surface area (Å²) in [6.45, 7) is 2.54. The van der Waals surface area contributed by atoms with E-state index in [1.54, 1.807) is 28.6 Å². The van der Waals surface area contributed by atoms with Crippen LogP contribution >= 0.6 is 0 Å². The van der Waals surface area contributed by atoms with Crippen LogP contribution in [0.1, 0.15) is 54.1 Å². The molecule has 1 heterocycles. The molecule has 0 bridgehead atoms. The van der Waals surface area contributed by atoms with E-state index in [9.17, 15) is 18.3 Å². The van der Waals surface area contributed by atoms with Crippen LogP contribution < -0.4 is 5.43 Å². The molecule has 0 spiro atoms. The second kappa shape index (κ2) is 10.3. The molecular weight excluding hydrogens is 464 g/mol. The fraction of sp³-hybridized carbons (Fsp3) is 0.269. The maximum Gasteiger partial charge on any atom is 0.271 e. The molecule has 1 aliphatic heterocycles. The molecule has 9 heteroatoms. The Kier molecular flexibility index (Phi) is 7.15. The number of amides is 1. The number of nitrogens with one attached hydrogen (secondary N) is 1. The molecule has 0 aliphatic carbocycles. The summed E-state index contributed by atoms with van der Waals surface area (Å²) >= 11 is 0. The lowest BCUT2D eigenvalue weighted by Crippen LogP contribution is -2.43. The molecule has 8 nitrogen and oxygen atoms in total. The minimum Gasteiger partial charge on any atom is -0.507 e. The monoisotopic (exact) mass is 490 g/mol. The molecule has 0 radical (unpaired) electrons. The van der Waals surface area contributed by atoms with Gasteiger partial charge in [-0.25, -0.2) is 13.8 Å². The van der Waals surface area contributed by atoms with Crippen molar-refractivity contribution in [2.75, 3.05) is 6.54 Å². The van der Waals surface area contributed by atoms with E-state index < -0.39 is 15.9 Å². The maximum atomic E-state index is 13.6. The topological polar surface area (TPSA) is 123 Å². The number of nitrogens with zero attached hydrogens (tertiary/aromatic N) is 3. The van der Waals surface area contributed by atoms with E-state index >= 15 is 0 Å². The van der Waals surface area contributed by atoms with Gasteiger partial charge in [0.15, 0.2) is 0 Å². The number of benzene rings is 3. The number of nitriles is 1. The largest absolute Gasteiger partial charge is 0.507 e. The van der Waals surface area contributed by atoms with Gasteiger partial charge >= 0.3 is 0 Å². The summed E-state index contributed by atoms with van der Waals surface area (Å²) in [4.78, 5) is 12.7. The van der Waals surface area contributed by atoms with Crippen molar-refractivity contribution in [2.24, 2.45) is 5.10 Å². The van der Waals surface area contributed by atoms with Crippen molar-refractivity contribution in [3.05, 3.63) is 71.3 Å². The van der Waals surface area contributed by atoms with Crippen LogP contribution in [0.4, 0.5) is 0 Å². The first-order valence-corrected chi connectivity index (χ1v) is 12.9. The number of fused-ring (bicyclic) bond motifs is 1. The lowest BCUT2D eigenvalue weighted by atomic mass is 10.0. The molecule has 0 saturated carbocycles. The van der Waals surface area contributed by atoms with Crippen molar-refractivity contribution in [1.82, 2.24) is 9.73 Å². The van der Waals surface area contributed by atoms with Crippen LogP contribution in [-0.4, -0.2) is 42.5 Å². The van der Waals surface area contributed by atoms with Gasteiger partial charge < -0.3 is 5.11 Å². The predicted molar refractivity (Wildman–Crippen MR) is 134 cm³/mol. The van der Waals surface area contributed by atoms with Gasteiger partial charge in [-0.15, -0.1) is 0 Å². The second-order valence-corrected chi connectivity index (χ2v) is 10.3. The van der Waals surface area contributed by atoms with Crippen molar-refractivity contribution < 1.29 is 18.3 Å². The van der Waals surface area contributed by atoms with Crippen molar-refractivity contribution in [1.29, 1.82) is 5.26 Å². The molecule has 35 heavy (non-hydrogen) atoms. The quantitative estimate of drug-likeness (QED) is 0.397. The minimum absolute atomic E-state index is 0.00501. The predicted octanol–water partition coefficient (Wildman–Crippen LogP) is 4.13. The minimum atomic E-state index is -3.67. The van der Waals surface area contributed by atoms with Gasteiger partial charge in [0.25, 0.3) is 5.91 Å². The normalized spacial score (nSPS) is 16.9. The highest BCUT2D eigenvalue weighted by Gasteiger charge is 2.33. The molecular formula is C26H26N4O4S. The Morgan fingerprint density at radius 3 is 2.71 bits per heavy atom. The number of aromatic hydroxyl groups is 1. The van der Waals surface area contributed by atoms with E-state index in [1.165, 1.54) is 24.4 Å². The zero-order valence-corrected chi connectivity index (χ0v) is 20.1. The van der Waals surface area contributed by atoms with Gasteiger partial charge in [0, 0.05) is 29.1 Å². The summed E-state index contributed by atoms with van der Waals surface area (Å²) in [5.74, 6) is -0.749. The molecule has 1 unspecified atom stereocenters. The molecule has 0 aromatic heterocycles. The van der Waals surface area contributed by atoms with Crippen LogP contribution in [0.15, 0.2) is 64.6 Å². The highest BCUT2D eigenvalue weighted by Crippen LogP contribution is 2.32. The molecule has 2 N–H and O–H groups in total. The van der Waals surface area contributed by atoms with Gasteiger partial charge in [0.1, 0.15) is 11.8 Å². The average molecular weight is 491 g/mol. The van der Waals surface area contributed by atoms with Crippen molar-refractivity contribution in [3.63, 3.8) is 0 Å². The van der Waals surface area contributed by atoms with Crippen LogP contribution in [0.3, 0.4) is 0 Å². The summed E-state index contributed by atoms with van der Waals surface area (Å²) < 4.78 is 28.9. The van der Waals surface area contributed by atoms with Crippen LogP contribution in [0.2, 0.25) is 0 Å². The third-order valence-electron chi connectivity index (χ3n) is 6.30. The van der Waals surface area contributed by atoms with E-state index in [0.29, 0.717) is 22.9 Å². The molecule has 1 amide bonds. The first-order chi connectivity index (χ1) is 16.9. The molecule has 1 fully saturated rings. The smallest absolute Gasteiger partial charge is 0.271 e. The number of carbonyl (C=O) groups is 1. The molecule has 4 rings (SSSR count). The Morgan fingerprint density at radius 2 is 1.97 bits per heavy atom. The summed E-state index contributed by atoms with van der Waals surface area (Å²) in [5.41, 5.74) is 3.22. The fourth-order valence-electron chi connectivity index (χ4n) is 4.45. The molecule has 1 atom stereocenters. The van der Waals surface area contributed by atoms with Gasteiger partial charge in [0.05, 0.1) is 16.7 Å². The Labute approximate surface area is 204 Å². The van der Waals surface area contributed by atoms with Crippen molar-refractivity contribution in [2.45, 2.75) is 43.5 Å². The Balaban J connectivity index is 1.62. The summed E-state index contributed by atoms with van der Waals surface area (Å²) in [5, 5.41) is 24.0. The molecule has 3 aromatic carbocycles. The van der Waals surface area contributed by atoms with Gasteiger partial charge in [0.2, 0.25) is 10.0 Å². The van der Waals surface area contributed by atoms with Crippen LogP contribution in [0, 0.1) is 11.3 Å². The number of sulfonamides is 1. The van der Waals surface area contributed by atoms with Crippen molar-refractivity contribution in [3.8, 4) is 11.8 Å². The average Bonchev–Trinajstić information content (AvgIpc) is 2.88. The zero-order chi connectivity index (χ0) is 25.0. The lowest BCUT2D eigenvalue weighted by Gasteiger charge is -2.34. The number of piperidine rings is 1. The molecule has 1 aliphatic rings. The highest BCUT2D eigenvalue weighted by molar-refractivity contribution is 7.89. The number of carbonyl (C=O) groups excluding carboxylic acids is 1. The fourth-order valence-corrected chi connectivity index (χ4v) is 6.41. The number of hydrogen-bond acceptors (Lipinski definition) is 6. The first kappa shape index (κ1) is 24.4. The second-order valence-electron chi connectivity index (χ2n) is 8.41. The third-order valence-corrected chi connectivity index (χ3v) is 8.31. The van der Waals surface area contributed by atoms with E-state index in [4.69, 9.17) is 5.26 Å². The van der Waals surface area contributed by atoms with E-state index in [1.807, 2.05) is 25.1 Å². The van der Waals surface area contributed by atoms with Crippen molar-refractivity contribution >= 4 is 32.9 Å². The molecule has 180 valence electrons. The van der Waals surface area contributed by atoms with Gasteiger partial charge in [-0.3, -0.25) is 4.79 Å². The SMILES string of the molecule is CCC1CCCCN1S(=O)(=O)c1ccc(C=NNC(=O)c2ccc(O)c(C#N)c2)c2ccccc12. The zero-order valence-electron chi connectivity index (χ0n) is 19.3. The first-order valence-electron chi connectivity index (χ1n) is 11.5. The summed E-state index contributed by atoms with van der Waals surface area (Å²) in [6.07, 6.45) is 4.99. The van der Waals surface area contributed by atoms with Gasteiger partial charge in [-0.1, -0.05) is 43.7 Å². The van der Waals surface area contributed by atoms with Crippen LogP contribution in [-0.2, 0) is 10.0 Å². The van der Waals surface area contributed by atoms with Crippen LogP contribution in [0.25, 0.3) is 10.8 Å². The maximum absolute atomic E-state index is 13.6. The highest BCUT2D eigenvalue weighted by atomic mass is 32.2. The van der Waals surface area contributed by atoms with E-state index in [0.717, 1.165) is 25.7 Å². The summed E-state index contributed by atoms with van der Waals surface area (Å²) in [6, 6.07) is 16.3.